The van der Waals surface area contributed by atoms with Crippen LogP contribution in [0, 0.1) is 11.6 Å². The van der Waals surface area contributed by atoms with Crippen molar-refractivity contribution in [2.75, 3.05) is 25.6 Å². The summed E-state index contributed by atoms with van der Waals surface area (Å²) in [7, 11) is 1.52. The van der Waals surface area contributed by atoms with E-state index in [9.17, 15) is 13.6 Å². The molecule has 1 rings (SSSR count). The van der Waals surface area contributed by atoms with Crippen molar-refractivity contribution in [2.24, 2.45) is 0 Å². The molecule has 0 radical (unpaired) electrons. The summed E-state index contributed by atoms with van der Waals surface area (Å²) in [6.45, 7) is 2.33. The summed E-state index contributed by atoms with van der Waals surface area (Å²) in [5.74, 6) is -2.25. The number of rotatable bonds is 6. The Kier molecular flexibility index (Phi) is 5.51. The lowest BCUT2D eigenvalue weighted by molar-refractivity contribution is -0.121. The van der Waals surface area contributed by atoms with Crippen molar-refractivity contribution in [3.63, 3.8) is 0 Å². The topological polar surface area (TPSA) is 50.4 Å². The molecule has 4 nitrogen and oxygen atoms in total. The van der Waals surface area contributed by atoms with Gasteiger partial charge in [0, 0.05) is 13.7 Å². The maximum atomic E-state index is 13.3. The number of carbonyl (C=O) groups is 1. The second-order valence-corrected chi connectivity index (χ2v) is 3.75. The van der Waals surface area contributed by atoms with Gasteiger partial charge in [-0.1, -0.05) is 6.07 Å². The van der Waals surface area contributed by atoms with Gasteiger partial charge in [-0.2, -0.15) is 0 Å². The fourth-order valence-electron chi connectivity index (χ4n) is 1.34. The average Bonchev–Trinajstić information content (AvgIpc) is 2.35. The van der Waals surface area contributed by atoms with Crippen LogP contribution in [0.1, 0.15) is 6.92 Å². The second-order valence-electron chi connectivity index (χ2n) is 3.75. The minimum absolute atomic E-state index is 0.0376. The van der Waals surface area contributed by atoms with Crippen LogP contribution in [-0.4, -0.2) is 32.2 Å². The molecular formula is C12H16F2N2O2. The number of nitrogens with one attached hydrogen (secondary N) is 2. The van der Waals surface area contributed by atoms with Crippen molar-refractivity contribution < 1.29 is 18.3 Å². The van der Waals surface area contributed by atoms with E-state index in [-0.39, 0.29) is 11.6 Å². The van der Waals surface area contributed by atoms with Gasteiger partial charge in [0.25, 0.3) is 0 Å². The summed E-state index contributed by atoms with van der Waals surface area (Å²) in [6.07, 6.45) is 0. The molecule has 1 atom stereocenters. The van der Waals surface area contributed by atoms with Crippen LogP contribution in [0.3, 0.4) is 0 Å². The van der Waals surface area contributed by atoms with Crippen LogP contribution in [0.25, 0.3) is 0 Å². The number of hydrogen-bond acceptors (Lipinski definition) is 3. The van der Waals surface area contributed by atoms with E-state index in [2.05, 4.69) is 10.6 Å². The van der Waals surface area contributed by atoms with Crippen molar-refractivity contribution in [3.05, 3.63) is 29.8 Å². The van der Waals surface area contributed by atoms with Crippen molar-refractivity contribution in [1.29, 1.82) is 0 Å². The molecule has 0 heterocycles. The van der Waals surface area contributed by atoms with E-state index in [0.717, 1.165) is 6.07 Å². The second kappa shape index (κ2) is 6.90. The predicted molar refractivity (Wildman–Crippen MR) is 64.3 cm³/mol. The zero-order valence-electron chi connectivity index (χ0n) is 10.3. The Morgan fingerprint density at radius 3 is 2.83 bits per heavy atom. The quantitative estimate of drug-likeness (QED) is 0.761. The smallest absolute Gasteiger partial charge is 0.242 e. The van der Waals surface area contributed by atoms with Crippen LogP contribution in [0.5, 0.6) is 0 Å². The normalized spacial score (nSPS) is 12.0. The number of hydrogen-bond donors (Lipinski definition) is 2. The Balaban J connectivity index is 2.56. The maximum Gasteiger partial charge on any atom is 0.242 e. The summed E-state index contributed by atoms with van der Waals surface area (Å²) in [6, 6.07) is 3.09. The Morgan fingerprint density at radius 1 is 1.44 bits per heavy atom. The number of carbonyl (C=O) groups excluding carboxylic acids is 1. The average molecular weight is 258 g/mol. The van der Waals surface area contributed by atoms with Crippen LogP contribution < -0.4 is 10.6 Å². The van der Waals surface area contributed by atoms with E-state index in [1.54, 1.807) is 6.92 Å². The molecule has 0 aliphatic carbocycles. The van der Waals surface area contributed by atoms with Crippen molar-refractivity contribution in [3.8, 4) is 0 Å². The summed E-state index contributed by atoms with van der Waals surface area (Å²) < 4.78 is 31.1. The molecular weight excluding hydrogens is 242 g/mol. The molecule has 0 bridgehead atoms. The molecule has 1 aromatic rings. The third-order valence-corrected chi connectivity index (χ3v) is 2.32. The fraction of sp³-hybridized carbons (Fsp3) is 0.417. The zero-order chi connectivity index (χ0) is 13.5. The van der Waals surface area contributed by atoms with Gasteiger partial charge in [-0.15, -0.1) is 0 Å². The largest absolute Gasteiger partial charge is 0.383 e. The van der Waals surface area contributed by atoms with Gasteiger partial charge in [0.2, 0.25) is 5.91 Å². The summed E-state index contributed by atoms with van der Waals surface area (Å²) in [4.78, 5) is 11.6. The first-order chi connectivity index (χ1) is 8.56. The van der Waals surface area contributed by atoms with Gasteiger partial charge in [-0.25, -0.2) is 8.78 Å². The van der Waals surface area contributed by atoms with Gasteiger partial charge in [0.1, 0.15) is 6.04 Å². The molecule has 0 saturated heterocycles. The highest BCUT2D eigenvalue weighted by Crippen LogP contribution is 2.17. The van der Waals surface area contributed by atoms with Gasteiger partial charge in [-0.3, -0.25) is 4.79 Å². The van der Waals surface area contributed by atoms with E-state index in [4.69, 9.17) is 4.74 Å². The summed E-state index contributed by atoms with van der Waals surface area (Å²) in [5.41, 5.74) is -0.0376. The molecule has 0 fully saturated rings. The minimum atomic E-state index is -0.992. The van der Waals surface area contributed by atoms with Gasteiger partial charge in [0.15, 0.2) is 11.6 Å². The lowest BCUT2D eigenvalue weighted by Crippen LogP contribution is -2.39. The predicted octanol–water partition coefficient (Wildman–Crippen LogP) is 1.53. The van der Waals surface area contributed by atoms with Crippen LogP contribution in [0.2, 0.25) is 0 Å². The number of ether oxygens (including phenoxy) is 1. The van der Waals surface area contributed by atoms with Crippen molar-refractivity contribution in [2.45, 2.75) is 13.0 Å². The van der Waals surface area contributed by atoms with Crippen LogP contribution in [-0.2, 0) is 9.53 Å². The van der Waals surface area contributed by atoms with E-state index in [1.165, 1.54) is 19.2 Å². The lowest BCUT2D eigenvalue weighted by atomic mass is 10.2. The first-order valence-corrected chi connectivity index (χ1v) is 5.53. The highest BCUT2D eigenvalue weighted by atomic mass is 19.2. The molecule has 1 unspecified atom stereocenters. The molecule has 18 heavy (non-hydrogen) atoms. The standard InChI is InChI=1S/C12H16F2N2O2/c1-8(12(17)15-6-7-18-2)16-10-5-3-4-9(13)11(10)14/h3-5,8,16H,6-7H2,1-2H3,(H,15,17). The molecule has 0 aromatic heterocycles. The Morgan fingerprint density at radius 2 is 2.17 bits per heavy atom. The third-order valence-electron chi connectivity index (χ3n) is 2.32. The van der Waals surface area contributed by atoms with Crippen molar-refractivity contribution in [1.82, 2.24) is 5.32 Å². The van der Waals surface area contributed by atoms with Crippen LogP contribution in [0.4, 0.5) is 14.5 Å². The Labute approximate surface area is 104 Å². The number of benzene rings is 1. The molecule has 100 valence electrons. The highest BCUT2D eigenvalue weighted by Gasteiger charge is 2.15. The number of anilines is 1. The van der Waals surface area contributed by atoms with E-state index < -0.39 is 17.7 Å². The molecule has 1 amide bonds. The highest BCUT2D eigenvalue weighted by molar-refractivity contribution is 5.84. The van der Waals surface area contributed by atoms with Gasteiger partial charge >= 0.3 is 0 Å². The molecule has 0 spiro atoms. The fourth-order valence-corrected chi connectivity index (χ4v) is 1.34. The van der Waals surface area contributed by atoms with Crippen molar-refractivity contribution >= 4 is 11.6 Å². The number of methoxy groups -OCH3 is 1. The third kappa shape index (κ3) is 3.96. The molecule has 0 aliphatic rings. The van der Waals surface area contributed by atoms with E-state index >= 15 is 0 Å². The molecule has 0 saturated carbocycles. The maximum absolute atomic E-state index is 13.3. The first-order valence-electron chi connectivity index (χ1n) is 5.53. The molecule has 6 heteroatoms. The molecule has 2 N–H and O–H groups in total. The number of halogens is 2. The lowest BCUT2D eigenvalue weighted by Gasteiger charge is -2.15. The van der Waals surface area contributed by atoms with Crippen LogP contribution in [0.15, 0.2) is 18.2 Å². The monoisotopic (exact) mass is 258 g/mol. The molecule has 1 aromatic carbocycles. The Bertz CT molecular complexity index is 413. The SMILES string of the molecule is COCCNC(=O)C(C)Nc1cccc(F)c1F. The van der Waals surface area contributed by atoms with Crippen LogP contribution >= 0.6 is 0 Å². The zero-order valence-corrected chi connectivity index (χ0v) is 10.3. The van der Waals surface area contributed by atoms with E-state index in [1.807, 2.05) is 0 Å². The van der Waals surface area contributed by atoms with Gasteiger partial charge in [0.05, 0.1) is 12.3 Å². The van der Waals surface area contributed by atoms with Gasteiger partial charge in [-0.05, 0) is 19.1 Å². The Hall–Kier alpha value is -1.69. The number of amides is 1. The minimum Gasteiger partial charge on any atom is -0.383 e. The first kappa shape index (κ1) is 14.4. The van der Waals surface area contributed by atoms with Gasteiger partial charge < -0.3 is 15.4 Å². The molecule has 0 aliphatic heterocycles. The summed E-state index contributed by atoms with van der Waals surface area (Å²) >= 11 is 0. The summed E-state index contributed by atoms with van der Waals surface area (Å²) in [5, 5.41) is 5.20. The van der Waals surface area contributed by atoms with E-state index in [0.29, 0.717) is 13.2 Å².